The van der Waals surface area contributed by atoms with Crippen LogP contribution >= 0.6 is 11.3 Å². The molecule has 0 radical (unpaired) electrons. The third-order valence-corrected chi connectivity index (χ3v) is 9.81. The Kier molecular flexibility index (Phi) is 6.30. The van der Waals surface area contributed by atoms with E-state index in [9.17, 15) is 13.2 Å². The minimum atomic E-state index is -3.75. The standard InChI is InChI=1S/C24H28N4O4S2/c1-15-6-3-10-19(12-15)25-23(29)18-9-5-11-28(14-18)34(30,31)21-13-20(33-16(21)2)22-26-24(32-27-22)17-7-4-8-17/h3,6,10,12-13,17-18H,4-5,7-9,11,14H2,1-2H3,(H,25,29)/t18-/m0/s1. The highest BCUT2D eigenvalue weighted by Gasteiger charge is 2.35. The number of sulfonamides is 1. The number of nitrogens with one attached hydrogen (secondary N) is 1. The number of amides is 1. The summed E-state index contributed by atoms with van der Waals surface area (Å²) in [4.78, 5) is 19.0. The molecule has 0 unspecified atom stereocenters. The summed E-state index contributed by atoms with van der Waals surface area (Å²) in [5, 5.41) is 7.02. The van der Waals surface area contributed by atoms with Crippen molar-refractivity contribution in [1.29, 1.82) is 0 Å². The van der Waals surface area contributed by atoms with Gasteiger partial charge in [0.2, 0.25) is 27.6 Å². The van der Waals surface area contributed by atoms with Crippen molar-refractivity contribution in [3.8, 4) is 10.7 Å². The molecule has 1 saturated carbocycles. The highest BCUT2D eigenvalue weighted by molar-refractivity contribution is 7.89. The molecule has 0 bridgehead atoms. The number of carbonyl (C=O) groups is 1. The molecule has 3 aromatic rings. The largest absolute Gasteiger partial charge is 0.339 e. The molecule has 2 aliphatic rings. The van der Waals surface area contributed by atoms with Gasteiger partial charge in [-0.15, -0.1) is 11.3 Å². The summed E-state index contributed by atoms with van der Waals surface area (Å²) in [6, 6.07) is 9.23. The highest BCUT2D eigenvalue weighted by Crippen LogP contribution is 2.38. The van der Waals surface area contributed by atoms with Gasteiger partial charge in [-0.05, 0) is 63.3 Å². The third kappa shape index (κ3) is 4.54. The number of hydrogen-bond donors (Lipinski definition) is 1. The van der Waals surface area contributed by atoms with Crippen molar-refractivity contribution in [3.05, 3.63) is 46.7 Å². The molecule has 1 N–H and O–H groups in total. The Morgan fingerprint density at radius 3 is 2.74 bits per heavy atom. The van der Waals surface area contributed by atoms with Gasteiger partial charge in [0.25, 0.3) is 0 Å². The number of aryl methyl sites for hydroxylation is 2. The molecule has 180 valence electrons. The Morgan fingerprint density at radius 1 is 1.18 bits per heavy atom. The van der Waals surface area contributed by atoms with Crippen LogP contribution in [0.5, 0.6) is 0 Å². The second-order valence-corrected chi connectivity index (χ2v) is 12.3. The Morgan fingerprint density at radius 2 is 2.00 bits per heavy atom. The Balaban J connectivity index is 1.32. The molecule has 1 atom stereocenters. The zero-order valence-corrected chi connectivity index (χ0v) is 20.9. The van der Waals surface area contributed by atoms with Crippen LogP contribution in [0.4, 0.5) is 5.69 Å². The molecule has 1 aliphatic heterocycles. The van der Waals surface area contributed by atoms with Crippen LogP contribution in [0.25, 0.3) is 10.7 Å². The molecular weight excluding hydrogens is 472 g/mol. The summed E-state index contributed by atoms with van der Waals surface area (Å²) in [6.07, 6.45) is 4.57. The lowest BCUT2D eigenvalue weighted by Crippen LogP contribution is -2.43. The van der Waals surface area contributed by atoms with Gasteiger partial charge in [0.15, 0.2) is 0 Å². The Labute approximate surface area is 203 Å². The van der Waals surface area contributed by atoms with Crippen LogP contribution in [0.15, 0.2) is 39.8 Å². The first-order valence-electron chi connectivity index (χ1n) is 11.6. The van der Waals surface area contributed by atoms with Gasteiger partial charge in [-0.3, -0.25) is 4.79 Å². The van der Waals surface area contributed by atoms with Crippen LogP contribution in [0, 0.1) is 19.8 Å². The van der Waals surface area contributed by atoms with Crippen molar-refractivity contribution in [3.63, 3.8) is 0 Å². The molecule has 34 heavy (non-hydrogen) atoms. The van der Waals surface area contributed by atoms with Gasteiger partial charge in [0, 0.05) is 29.6 Å². The van der Waals surface area contributed by atoms with E-state index in [0.717, 1.165) is 24.1 Å². The van der Waals surface area contributed by atoms with E-state index in [2.05, 4.69) is 15.5 Å². The van der Waals surface area contributed by atoms with Crippen molar-refractivity contribution in [2.24, 2.45) is 5.92 Å². The van der Waals surface area contributed by atoms with E-state index in [1.54, 1.807) is 13.0 Å². The number of benzene rings is 1. The first kappa shape index (κ1) is 23.2. The number of aromatic nitrogens is 2. The van der Waals surface area contributed by atoms with Crippen LogP contribution in [-0.2, 0) is 14.8 Å². The number of piperidine rings is 1. The average Bonchev–Trinajstić information content (AvgIpc) is 3.40. The molecule has 1 saturated heterocycles. The van der Waals surface area contributed by atoms with Crippen LogP contribution in [0.2, 0.25) is 0 Å². The van der Waals surface area contributed by atoms with Gasteiger partial charge >= 0.3 is 0 Å². The van der Waals surface area contributed by atoms with Gasteiger partial charge in [-0.2, -0.15) is 9.29 Å². The van der Waals surface area contributed by atoms with E-state index in [1.165, 1.54) is 22.1 Å². The lowest BCUT2D eigenvalue weighted by molar-refractivity contribution is -0.120. The maximum Gasteiger partial charge on any atom is 0.244 e. The summed E-state index contributed by atoms with van der Waals surface area (Å²) in [5.41, 5.74) is 1.78. The topological polar surface area (TPSA) is 105 Å². The maximum atomic E-state index is 13.5. The number of hydrogen-bond acceptors (Lipinski definition) is 7. The Hall–Kier alpha value is -2.56. The SMILES string of the molecule is Cc1cccc(NC(=O)[C@H]2CCCN(S(=O)(=O)c3cc(-c4noc(C5CCC5)n4)sc3C)C2)c1. The number of rotatable bonds is 6. The zero-order valence-electron chi connectivity index (χ0n) is 19.3. The van der Waals surface area contributed by atoms with Crippen LogP contribution in [-0.4, -0.2) is 41.9 Å². The Bertz CT molecular complexity index is 1310. The fourth-order valence-corrected chi connectivity index (χ4v) is 7.48. The van der Waals surface area contributed by atoms with E-state index in [1.807, 2.05) is 31.2 Å². The van der Waals surface area contributed by atoms with Crippen LogP contribution in [0.3, 0.4) is 0 Å². The first-order valence-corrected chi connectivity index (χ1v) is 13.9. The molecule has 10 heteroatoms. The van der Waals surface area contributed by atoms with Crippen molar-refractivity contribution in [1.82, 2.24) is 14.4 Å². The number of thiophene rings is 1. The summed E-state index contributed by atoms with van der Waals surface area (Å²) in [5.74, 6) is 0.843. The highest BCUT2D eigenvalue weighted by atomic mass is 32.2. The first-order chi connectivity index (χ1) is 16.3. The van der Waals surface area contributed by atoms with E-state index >= 15 is 0 Å². The molecule has 1 amide bonds. The molecule has 1 aliphatic carbocycles. The zero-order chi connectivity index (χ0) is 23.9. The van der Waals surface area contributed by atoms with E-state index < -0.39 is 15.9 Å². The van der Waals surface area contributed by atoms with E-state index in [4.69, 9.17) is 4.52 Å². The van der Waals surface area contributed by atoms with Crippen LogP contribution < -0.4 is 5.32 Å². The van der Waals surface area contributed by atoms with Gasteiger partial charge < -0.3 is 9.84 Å². The van der Waals surface area contributed by atoms with Gasteiger partial charge in [-0.1, -0.05) is 23.7 Å². The fraction of sp³-hybridized carbons (Fsp3) is 0.458. The predicted molar refractivity (Wildman–Crippen MR) is 130 cm³/mol. The van der Waals surface area contributed by atoms with Crippen molar-refractivity contribution in [2.45, 2.75) is 56.8 Å². The molecule has 3 heterocycles. The summed E-state index contributed by atoms with van der Waals surface area (Å²) in [7, 11) is -3.75. The second kappa shape index (κ2) is 9.24. The lowest BCUT2D eigenvalue weighted by Gasteiger charge is -2.31. The molecule has 2 aromatic heterocycles. The summed E-state index contributed by atoms with van der Waals surface area (Å²) >= 11 is 1.35. The van der Waals surface area contributed by atoms with Crippen molar-refractivity contribution < 1.29 is 17.7 Å². The molecule has 8 nitrogen and oxygen atoms in total. The van der Waals surface area contributed by atoms with Crippen LogP contribution in [0.1, 0.15) is 54.4 Å². The number of nitrogens with zero attached hydrogens (tertiary/aromatic N) is 3. The van der Waals surface area contributed by atoms with Gasteiger partial charge in [-0.25, -0.2) is 8.42 Å². The molecule has 1 aromatic carbocycles. The average molecular weight is 501 g/mol. The van der Waals surface area contributed by atoms with E-state index in [0.29, 0.717) is 46.8 Å². The molecule has 5 rings (SSSR count). The van der Waals surface area contributed by atoms with Crippen molar-refractivity contribution >= 4 is 33.0 Å². The fourth-order valence-electron chi connectivity index (χ4n) is 4.47. The summed E-state index contributed by atoms with van der Waals surface area (Å²) in [6.45, 7) is 4.32. The quantitative estimate of drug-likeness (QED) is 0.525. The van der Waals surface area contributed by atoms with Gasteiger partial charge in [0.05, 0.1) is 15.7 Å². The molecule has 0 spiro atoms. The number of carbonyl (C=O) groups excluding carboxylic acids is 1. The normalized spacial score (nSPS) is 19.6. The van der Waals surface area contributed by atoms with Gasteiger partial charge in [0.1, 0.15) is 0 Å². The lowest BCUT2D eigenvalue weighted by atomic mass is 9.85. The minimum absolute atomic E-state index is 0.149. The summed E-state index contributed by atoms with van der Waals surface area (Å²) < 4.78 is 33.9. The third-order valence-electron chi connectivity index (χ3n) is 6.65. The molecule has 2 fully saturated rings. The molecular formula is C24H28N4O4S2. The number of anilines is 1. The monoisotopic (exact) mass is 500 g/mol. The predicted octanol–water partition coefficient (Wildman–Crippen LogP) is 4.72. The minimum Gasteiger partial charge on any atom is -0.339 e. The smallest absolute Gasteiger partial charge is 0.244 e. The van der Waals surface area contributed by atoms with Crippen molar-refractivity contribution in [2.75, 3.05) is 18.4 Å². The van der Waals surface area contributed by atoms with E-state index in [-0.39, 0.29) is 17.3 Å². The maximum absolute atomic E-state index is 13.5. The second-order valence-electron chi connectivity index (χ2n) is 9.18.